The van der Waals surface area contributed by atoms with Crippen LogP contribution in [0.3, 0.4) is 0 Å². The summed E-state index contributed by atoms with van der Waals surface area (Å²) >= 11 is 0. The molecule has 0 saturated carbocycles. The number of aryl methyl sites for hydroxylation is 4. The Kier molecular flexibility index (Phi) is 30.0. The van der Waals surface area contributed by atoms with Gasteiger partial charge in [-0.05, 0) is 51.5 Å². The van der Waals surface area contributed by atoms with E-state index in [0.29, 0.717) is 5.69 Å². The minimum Gasteiger partial charge on any atom is -0.506 e. The van der Waals surface area contributed by atoms with E-state index in [-0.39, 0.29) is 5.75 Å². The molecule has 25 heavy (non-hydrogen) atoms. The summed E-state index contributed by atoms with van der Waals surface area (Å²) in [5.41, 5.74) is 3.60. The highest BCUT2D eigenvalue weighted by Crippen LogP contribution is 2.12. The lowest BCUT2D eigenvalue weighted by atomic mass is 10.3. The van der Waals surface area contributed by atoms with Crippen molar-refractivity contribution >= 4 is 0 Å². The highest BCUT2D eigenvalue weighted by molar-refractivity contribution is 5.27. The molecule has 0 aliphatic carbocycles. The molecule has 0 aromatic carbocycles. The Morgan fingerprint density at radius 2 is 1.04 bits per heavy atom. The van der Waals surface area contributed by atoms with E-state index in [0.717, 1.165) is 17.0 Å². The molecule has 0 atom stereocenters. The first-order chi connectivity index (χ1) is 12.0. The van der Waals surface area contributed by atoms with Crippen LogP contribution in [0.1, 0.15) is 78.0 Å². The molecule has 2 heterocycles. The Labute approximate surface area is 156 Å². The Morgan fingerprint density at radius 1 is 0.680 bits per heavy atom. The topological polar surface area (TPSA) is 58.9 Å². The van der Waals surface area contributed by atoms with Crippen molar-refractivity contribution in [2.75, 3.05) is 0 Å². The van der Waals surface area contributed by atoms with E-state index in [2.05, 4.69) is 15.2 Å². The van der Waals surface area contributed by atoms with Crippen molar-refractivity contribution in [3.63, 3.8) is 0 Å². The van der Waals surface area contributed by atoms with E-state index in [1.165, 1.54) is 0 Å². The maximum atomic E-state index is 9.04. The van der Waals surface area contributed by atoms with Gasteiger partial charge in [0.05, 0.1) is 17.1 Å². The van der Waals surface area contributed by atoms with Gasteiger partial charge >= 0.3 is 0 Å². The Bertz CT molecular complexity index is 462. The van der Waals surface area contributed by atoms with E-state index in [9.17, 15) is 0 Å². The monoisotopic (exact) mass is 351 g/mol. The molecule has 146 valence electrons. The van der Waals surface area contributed by atoms with Crippen LogP contribution >= 0.6 is 0 Å². The molecule has 0 aliphatic rings. The van der Waals surface area contributed by atoms with Crippen LogP contribution in [0.4, 0.5) is 0 Å². The molecule has 0 saturated heterocycles. The van der Waals surface area contributed by atoms with Gasteiger partial charge in [0.2, 0.25) is 0 Å². The van der Waals surface area contributed by atoms with Crippen LogP contribution in [0.15, 0.2) is 24.4 Å². The SMILES string of the molecule is CC.CC.CC.CC.Cc1ccc(C)nn1.Cc1cnc(C)c(O)c1. The fourth-order valence-corrected chi connectivity index (χ4v) is 1.09. The molecule has 0 unspecified atom stereocenters. The maximum Gasteiger partial charge on any atom is 0.137 e. The Balaban J connectivity index is -0.000000127. The van der Waals surface area contributed by atoms with Crippen molar-refractivity contribution in [1.82, 2.24) is 15.2 Å². The lowest BCUT2D eigenvalue weighted by Gasteiger charge is -1.96. The van der Waals surface area contributed by atoms with E-state index in [4.69, 9.17) is 5.11 Å². The smallest absolute Gasteiger partial charge is 0.137 e. The molecule has 0 spiro atoms. The van der Waals surface area contributed by atoms with Gasteiger partial charge < -0.3 is 5.11 Å². The lowest BCUT2D eigenvalue weighted by molar-refractivity contribution is 0.467. The second-order valence-electron chi connectivity index (χ2n) is 3.93. The van der Waals surface area contributed by atoms with E-state index < -0.39 is 0 Å². The highest BCUT2D eigenvalue weighted by Gasteiger charge is 1.93. The number of nitrogens with zero attached hydrogens (tertiary/aromatic N) is 3. The summed E-state index contributed by atoms with van der Waals surface area (Å²) < 4.78 is 0. The fourth-order valence-electron chi connectivity index (χ4n) is 1.09. The lowest BCUT2D eigenvalue weighted by Crippen LogP contribution is -1.86. The van der Waals surface area contributed by atoms with Gasteiger partial charge in [0.15, 0.2) is 0 Å². The first kappa shape index (κ1) is 30.9. The summed E-state index contributed by atoms with van der Waals surface area (Å²) in [6.07, 6.45) is 1.73. The van der Waals surface area contributed by atoms with Crippen LogP contribution in [0.25, 0.3) is 0 Å². The average molecular weight is 352 g/mol. The van der Waals surface area contributed by atoms with Crippen molar-refractivity contribution in [1.29, 1.82) is 0 Å². The van der Waals surface area contributed by atoms with Crippen molar-refractivity contribution in [3.05, 3.63) is 47.0 Å². The van der Waals surface area contributed by atoms with Gasteiger partial charge in [0.1, 0.15) is 5.75 Å². The zero-order valence-electron chi connectivity index (χ0n) is 18.6. The molecular formula is C21H41N3O. The van der Waals surface area contributed by atoms with Crippen LogP contribution in [0.5, 0.6) is 5.75 Å². The summed E-state index contributed by atoms with van der Waals surface area (Å²) in [6, 6.07) is 5.59. The molecule has 0 amide bonds. The number of aromatic nitrogens is 3. The predicted octanol–water partition coefficient (Wildman–Crippen LogP) is 6.60. The van der Waals surface area contributed by atoms with Gasteiger partial charge in [-0.25, -0.2) is 0 Å². The molecule has 0 bridgehead atoms. The van der Waals surface area contributed by atoms with Gasteiger partial charge in [0.25, 0.3) is 0 Å². The molecule has 2 aromatic heterocycles. The molecule has 2 aromatic rings. The zero-order chi connectivity index (χ0) is 20.8. The first-order valence-electron chi connectivity index (χ1n) is 9.38. The second-order valence-corrected chi connectivity index (χ2v) is 3.93. The molecular weight excluding hydrogens is 310 g/mol. The minimum absolute atomic E-state index is 0.273. The third kappa shape index (κ3) is 20.0. The number of hydrogen-bond acceptors (Lipinski definition) is 4. The van der Waals surface area contributed by atoms with Crippen molar-refractivity contribution < 1.29 is 5.11 Å². The molecule has 4 nitrogen and oxygen atoms in total. The van der Waals surface area contributed by atoms with Gasteiger partial charge in [0, 0.05) is 6.20 Å². The molecule has 2 rings (SSSR count). The van der Waals surface area contributed by atoms with Gasteiger partial charge in [-0.2, -0.15) is 10.2 Å². The number of aromatic hydroxyl groups is 1. The maximum absolute atomic E-state index is 9.04. The average Bonchev–Trinajstić information content (AvgIpc) is 2.68. The van der Waals surface area contributed by atoms with Gasteiger partial charge in [-0.3, -0.25) is 4.98 Å². The number of pyridine rings is 1. The van der Waals surface area contributed by atoms with E-state index >= 15 is 0 Å². The summed E-state index contributed by atoms with van der Waals surface area (Å²) in [5, 5.41) is 16.7. The standard InChI is InChI=1S/C7H9NO.C6H8N2.4C2H6/c1-5-3-7(9)6(2)8-4-5;1-5-3-4-6(2)8-7-5;4*1-2/h3-4,9H,1-2H3;3-4H,1-2H3;4*1-2H3. The summed E-state index contributed by atoms with van der Waals surface area (Å²) in [7, 11) is 0. The third-order valence-electron chi connectivity index (χ3n) is 2.13. The second kappa shape index (κ2) is 24.3. The van der Waals surface area contributed by atoms with Crippen LogP contribution in [-0.2, 0) is 0 Å². The van der Waals surface area contributed by atoms with E-state index in [1.54, 1.807) is 19.2 Å². The molecule has 0 radical (unpaired) electrons. The summed E-state index contributed by atoms with van der Waals surface area (Å²) in [5.74, 6) is 0.273. The summed E-state index contributed by atoms with van der Waals surface area (Å²) in [4.78, 5) is 3.93. The molecule has 4 heteroatoms. The van der Waals surface area contributed by atoms with Crippen LogP contribution < -0.4 is 0 Å². The van der Waals surface area contributed by atoms with Crippen molar-refractivity contribution in [2.24, 2.45) is 0 Å². The third-order valence-corrected chi connectivity index (χ3v) is 2.13. The Hall–Kier alpha value is -1.97. The molecule has 1 N–H and O–H groups in total. The number of rotatable bonds is 0. The Morgan fingerprint density at radius 3 is 1.28 bits per heavy atom. The predicted molar refractivity (Wildman–Crippen MR) is 112 cm³/mol. The highest BCUT2D eigenvalue weighted by atomic mass is 16.3. The van der Waals surface area contributed by atoms with Crippen molar-refractivity contribution in [2.45, 2.75) is 83.1 Å². The quantitative estimate of drug-likeness (QED) is 0.580. The van der Waals surface area contributed by atoms with E-state index in [1.807, 2.05) is 88.3 Å². The molecule has 0 aliphatic heterocycles. The molecule has 0 fully saturated rings. The normalized spacial score (nSPS) is 7.36. The summed E-state index contributed by atoms with van der Waals surface area (Å²) in [6.45, 7) is 23.5. The largest absolute Gasteiger partial charge is 0.506 e. The number of hydrogen-bond donors (Lipinski definition) is 1. The van der Waals surface area contributed by atoms with Crippen LogP contribution in [0, 0.1) is 27.7 Å². The van der Waals surface area contributed by atoms with Crippen LogP contribution in [-0.4, -0.2) is 20.3 Å². The minimum atomic E-state index is 0.273. The van der Waals surface area contributed by atoms with Gasteiger partial charge in [-0.1, -0.05) is 55.4 Å². The fraction of sp³-hybridized carbons (Fsp3) is 0.571. The van der Waals surface area contributed by atoms with Gasteiger partial charge in [-0.15, -0.1) is 0 Å². The van der Waals surface area contributed by atoms with Crippen LogP contribution in [0.2, 0.25) is 0 Å². The van der Waals surface area contributed by atoms with Crippen molar-refractivity contribution in [3.8, 4) is 5.75 Å². The zero-order valence-corrected chi connectivity index (χ0v) is 18.6. The first-order valence-corrected chi connectivity index (χ1v) is 9.38.